The smallest absolute Gasteiger partial charge is 0.303 e. The molecule has 0 spiro atoms. The Morgan fingerprint density at radius 3 is 2.36 bits per heavy atom. The van der Waals surface area contributed by atoms with Crippen molar-refractivity contribution < 1.29 is 29.3 Å². The number of carboxylic acids is 1. The molecule has 0 radical (unpaired) electrons. The quantitative estimate of drug-likeness (QED) is 0.134. The van der Waals surface area contributed by atoms with Crippen molar-refractivity contribution in [1.82, 2.24) is 10.2 Å². The number of nitrogens with one attached hydrogen (secondary N) is 1. The van der Waals surface area contributed by atoms with E-state index in [9.17, 15) is 14.7 Å². The maximum absolute atomic E-state index is 12.4. The minimum atomic E-state index is -0.802. The third-order valence-electron chi connectivity index (χ3n) is 7.85. The molecule has 8 nitrogen and oxygen atoms in total. The molecule has 1 fully saturated rings. The maximum Gasteiger partial charge on any atom is 0.303 e. The zero-order valence-corrected chi connectivity index (χ0v) is 25.5. The fraction of sp³-hybridized carbons (Fsp3) is 0.389. The van der Waals surface area contributed by atoms with Gasteiger partial charge in [-0.05, 0) is 47.7 Å². The molecule has 4 rings (SSSR count). The van der Waals surface area contributed by atoms with Crippen molar-refractivity contribution in [1.29, 1.82) is 0 Å². The molecule has 8 heteroatoms. The van der Waals surface area contributed by atoms with Gasteiger partial charge in [-0.15, -0.1) is 6.58 Å². The second kappa shape index (κ2) is 16.9. The van der Waals surface area contributed by atoms with Gasteiger partial charge in [-0.1, -0.05) is 85.3 Å². The number of aliphatic carboxylic acids is 1. The van der Waals surface area contributed by atoms with Crippen molar-refractivity contribution in [3.63, 3.8) is 0 Å². The van der Waals surface area contributed by atoms with Crippen LogP contribution < -0.4 is 5.32 Å². The molecule has 3 atom stereocenters. The van der Waals surface area contributed by atoms with Crippen LogP contribution in [-0.4, -0.2) is 53.2 Å². The van der Waals surface area contributed by atoms with Gasteiger partial charge in [0, 0.05) is 44.5 Å². The van der Waals surface area contributed by atoms with Crippen LogP contribution in [0, 0.1) is 0 Å². The predicted octanol–water partition coefficient (Wildman–Crippen LogP) is 6.16. The number of carbonyl (C=O) groups excluding carboxylic acids is 1. The van der Waals surface area contributed by atoms with Crippen LogP contribution in [0.1, 0.15) is 73.2 Å². The number of ether oxygens (including phenoxy) is 2. The average molecular weight is 601 g/mol. The summed E-state index contributed by atoms with van der Waals surface area (Å²) in [4.78, 5) is 25.2. The van der Waals surface area contributed by atoms with E-state index in [-0.39, 0.29) is 31.1 Å². The summed E-state index contributed by atoms with van der Waals surface area (Å²) in [7, 11) is 2.05. The lowest BCUT2D eigenvalue weighted by Crippen LogP contribution is -2.37. The van der Waals surface area contributed by atoms with E-state index < -0.39 is 12.3 Å². The Labute approximate surface area is 260 Å². The second-order valence-electron chi connectivity index (χ2n) is 11.4. The van der Waals surface area contributed by atoms with Crippen LogP contribution in [0.2, 0.25) is 0 Å². The predicted molar refractivity (Wildman–Crippen MR) is 171 cm³/mol. The minimum absolute atomic E-state index is 0.00451. The number of amides is 1. The lowest BCUT2D eigenvalue weighted by atomic mass is 9.97. The summed E-state index contributed by atoms with van der Waals surface area (Å²) in [6, 6.07) is 24.1. The molecular weight excluding hydrogens is 556 g/mol. The van der Waals surface area contributed by atoms with E-state index in [0.717, 1.165) is 59.3 Å². The van der Waals surface area contributed by atoms with Gasteiger partial charge in [-0.25, -0.2) is 0 Å². The van der Waals surface area contributed by atoms with Gasteiger partial charge >= 0.3 is 5.97 Å². The lowest BCUT2D eigenvalue weighted by molar-refractivity contribution is -0.252. The fourth-order valence-corrected chi connectivity index (χ4v) is 5.47. The molecule has 3 aromatic rings. The maximum atomic E-state index is 12.4. The third kappa shape index (κ3) is 9.86. The lowest BCUT2D eigenvalue weighted by Gasteiger charge is -2.37. The molecule has 1 saturated heterocycles. The molecule has 0 aromatic heterocycles. The molecule has 1 aliphatic heterocycles. The Morgan fingerprint density at radius 2 is 1.66 bits per heavy atom. The van der Waals surface area contributed by atoms with Gasteiger partial charge in [-0.3, -0.25) is 9.59 Å². The molecule has 3 aromatic carbocycles. The van der Waals surface area contributed by atoms with Crippen LogP contribution in [0.5, 0.6) is 0 Å². The van der Waals surface area contributed by atoms with E-state index in [0.29, 0.717) is 25.8 Å². The Hall–Kier alpha value is -3.82. The molecule has 1 amide bonds. The first-order valence-electron chi connectivity index (χ1n) is 15.3. The number of nitrogens with zero attached hydrogens (tertiary/aromatic N) is 1. The van der Waals surface area contributed by atoms with E-state index in [2.05, 4.69) is 36.0 Å². The van der Waals surface area contributed by atoms with Crippen molar-refractivity contribution in [2.24, 2.45) is 0 Å². The molecule has 0 aliphatic carbocycles. The topological polar surface area (TPSA) is 108 Å². The number of hydrogen-bond donors (Lipinski definition) is 3. The zero-order valence-electron chi connectivity index (χ0n) is 25.5. The monoisotopic (exact) mass is 600 g/mol. The molecule has 234 valence electrons. The normalized spacial score (nSPS) is 18.2. The number of aliphatic hydroxyl groups excluding tert-OH is 1. The number of rotatable bonds is 16. The summed E-state index contributed by atoms with van der Waals surface area (Å²) in [5, 5.41) is 21.2. The van der Waals surface area contributed by atoms with E-state index >= 15 is 0 Å². The zero-order chi connectivity index (χ0) is 31.3. The van der Waals surface area contributed by atoms with Crippen LogP contribution in [0.15, 0.2) is 85.5 Å². The van der Waals surface area contributed by atoms with Gasteiger partial charge in [0.25, 0.3) is 0 Å². The molecule has 1 aliphatic rings. The molecule has 0 bridgehead atoms. The summed E-state index contributed by atoms with van der Waals surface area (Å²) >= 11 is 0. The largest absolute Gasteiger partial charge is 0.481 e. The molecular formula is C36H44N2O6. The summed E-state index contributed by atoms with van der Waals surface area (Å²) in [5.41, 5.74) is 5.93. The van der Waals surface area contributed by atoms with Crippen LogP contribution in [0.3, 0.4) is 0 Å². The number of hydrogen-bond acceptors (Lipinski definition) is 6. The van der Waals surface area contributed by atoms with Crippen LogP contribution in [0.25, 0.3) is 11.1 Å². The van der Waals surface area contributed by atoms with E-state index in [1.165, 1.54) is 0 Å². The summed E-state index contributed by atoms with van der Waals surface area (Å²) in [6.07, 6.45) is 4.39. The van der Waals surface area contributed by atoms with E-state index in [1.807, 2.05) is 66.7 Å². The summed E-state index contributed by atoms with van der Waals surface area (Å²) in [6.45, 7) is 5.78. The first-order chi connectivity index (χ1) is 21.4. The number of likely N-dealkylation sites (N-methyl/N-ethyl adjacent to an activating group) is 1. The van der Waals surface area contributed by atoms with Crippen molar-refractivity contribution >= 4 is 11.9 Å². The number of unbranched alkanes of at least 4 members (excludes halogenated alkanes) is 2. The average Bonchev–Trinajstić information content (AvgIpc) is 3.03. The second-order valence-corrected chi connectivity index (χ2v) is 11.4. The summed E-state index contributed by atoms with van der Waals surface area (Å²) in [5.74, 6) is -0.839. The minimum Gasteiger partial charge on any atom is -0.481 e. The van der Waals surface area contributed by atoms with Crippen LogP contribution in [-0.2, 0) is 32.2 Å². The van der Waals surface area contributed by atoms with E-state index in [1.54, 1.807) is 0 Å². The fourth-order valence-electron chi connectivity index (χ4n) is 5.47. The number of carbonyl (C=O) groups is 2. The first-order valence-corrected chi connectivity index (χ1v) is 15.3. The SMILES string of the molecule is C=CCN(C)C[C@H]1C[C@@H](c2ccc(CO)cc2)O[C@@H](c2ccc(-c3ccccc3CNC(=O)CCCCCC(=O)O)cc2)O1. The van der Waals surface area contributed by atoms with Gasteiger partial charge < -0.3 is 29.9 Å². The Kier molecular flexibility index (Phi) is 12.7. The van der Waals surface area contributed by atoms with Gasteiger partial charge in [0.05, 0.1) is 18.8 Å². The molecule has 44 heavy (non-hydrogen) atoms. The standard InChI is InChI=1S/C36H44N2O6/c1-3-21-38(2)24-31-22-33(28-15-13-26(25-39)14-16-28)44-36(43-31)29-19-17-27(18-20-29)32-10-8-7-9-30(32)23-37-34(40)11-5-4-6-12-35(41)42/h3,7-10,13-20,31,33,36,39H,1,4-6,11-12,21-25H2,2H3,(H,37,40)(H,41,42)/t31-,33+,36+/m1/s1. The highest BCUT2D eigenvalue weighted by Crippen LogP contribution is 2.38. The van der Waals surface area contributed by atoms with Gasteiger partial charge in [0.2, 0.25) is 5.91 Å². The highest BCUT2D eigenvalue weighted by atomic mass is 16.7. The first kappa shape index (κ1) is 33.1. The number of aliphatic hydroxyl groups is 1. The van der Waals surface area contributed by atoms with Gasteiger partial charge in [-0.2, -0.15) is 0 Å². The number of carboxylic acid groups (broad SMARTS) is 1. The molecule has 0 saturated carbocycles. The Morgan fingerprint density at radius 1 is 0.955 bits per heavy atom. The number of benzene rings is 3. The van der Waals surface area contributed by atoms with Crippen molar-refractivity contribution in [3.8, 4) is 11.1 Å². The Balaban J connectivity index is 1.43. The summed E-state index contributed by atoms with van der Waals surface area (Å²) < 4.78 is 13.0. The van der Waals surface area contributed by atoms with Crippen molar-refractivity contribution in [2.45, 2.75) is 70.2 Å². The van der Waals surface area contributed by atoms with Crippen molar-refractivity contribution in [3.05, 3.63) is 108 Å². The molecule has 1 heterocycles. The highest BCUT2D eigenvalue weighted by Gasteiger charge is 2.32. The van der Waals surface area contributed by atoms with Crippen LogP contribution in [0.4, 0.5) is 0 Å². The van der Waals surface area contributed by atoms with Gasteiger partial charge in [0.15, 0.2) is 6.29 Å². The van der Waals surface area contributed by atoms with Crippen LogP contribution >= 0.6 is 0 Å². The molecule has 3 N–H and O–H groups in total. The third-order valence-corrected chi connectivity index (χ3v) is 7.85. The van der Waals surface area contributed by atoms with E-state index in [4.69, 9.17) is 14.6 Å². The molecule has 0 unspecified atom stereocenters. The highest BCUT2D eigenvalue weighted by molar-refractivity contribution is 5.76. The van der Waals surface area contributed by atoms with Gasteiger partial charge in [0.1, 0.15) is 0 Å². The van der Waals surface area contributed by atoms with Crippen molar-refractivity contribution in [2.75, 3.05) is 20.1 Å². The Bertz CT molecular complexity index is 1360.